The molecular formula is C19H21N4O3S+. The summed E-state index contributed by atoms with van der Waals surface area (Å²) in [5.74, 6) is 0.478. The lowest BCUT2D eigenvalue weighted by molar-refractivity contribution is -0.683. The van der Waals surface area contributed by atoms with E-state index in [-0.39, 0.29) is 17.4 Å². The van der Waals surface area contributed by atoms with Crippen molar-refractivity contribution in [1.29, 1.82) is 0 Å². The van der Waals surface area contributed by atoms with Gasteiger partial charge < -0.3 is 9.84 Å². The highest BCUT2D eigenvalue weighted by molar-refractivity contribution is 7.99. The molecule has 0 aliphatic heterocycles. The van der Waals surface area contributed by atoms with Crippen molar-refractivity contribution in [2.75, 3.05) is 12.4 Å². The molecule has 1 amide bonds. The number of benzene rings is 2. The summed E-state index contributed by atoms with van der Waals surface area (Å²) in [6, 6.07) is 12.8. The van der Waals surface area contributed by atoms with Gasteiger partial charge in [-0.15, -0.1) is 0 Å². The Balaban J connectivity index is 1.55. The fraction of sp³-hybridized carbons (Fsp3) is 0.211. The maximum Gasteiger partial charge on any atom is 0.317 e. The third-order valence-electron chi connectivity index (χ3n) is 3.84. The van der Waals surface area contributed by atoms with E-state index in [0.29, 0.717) is 17.9 Å². The first-order valence-electron chi connectivity index (χ1n) is 8.45. The molecular weight excluding hydrogens is 364 g/mol. The van der Waals surface area contributed by atoms with Crippen LogP contribution in [0.15, 0.2) is 52.7 Å². The van der Waals surface area contributed by atoms with Crippen LogP contribution in [0.2, 0.25) is 0 Å². The van der Waals surface area contributed by atoms with Crippen LogP contribution >= 0.6 is 11.8 Å². The molecule has 3 rings (SSSR count). The summed E-state index contributed by atoms with van der Waals surface area (Å²) in [4.78, 5) is 15.3. The lowest BCUT2D eigenvalue weighted by atomic mass is 10.2. The number of aromatic nitrogens is 2. The minimum Gasteiger partial charge on any atom is -0.504 e. The van der Waals surface area contributed by atoms with E-state index in [9.17, 15) is 9.90 Å². The number of aryl methyl sites for hydroxylation is 1. The first kappa shape index (κ1) is 18.8. The molecule has 0 aliphatic carbocycles. The van der Waals surface area contributed by atoms with Crippen LogP contribution < -0.4 is 14.7 Å². The summed E-state index contributed by atoms with van der Waals surface area (Å²) in [7, 11) is 1.96. The number of rotatable bonds is 7. The lowest BCUT2D eigenvalue weighted by Gasteiger charge is -2.05. The van der Waals surface area contributed by atoms with Gasteiger partial charge in [0.25, 0.3) is 5.91 Å². The summed E-state index contributed by atoms with van der Waals surface area (Å²) in [5.41, 5.74) is 5.32. The number of para-hydroxylation sites is 2. The van der Waals surface area contributed by atoms with Gasteiger partial charge in [0.1, 0.15) is 0 Å². The summed E-state index contributed by atoms with van der Waals surface area (Å²) in [6.07, 6.45) is 1.51. The van der Waals surface area contributed by atoms with Crippen LogP contribution in [0.3, 0.4) is 0 Å². The zero-order chi connectivity index (χ0) is 19.2. The van der Waals surface area contributed by atoms with Gasteiger partial charge in [0.15, 0.2) is 22.5 Å². The zero-order valence-corrected chi connectivity index (χ0v) is 15.9. The number of thioether (sulfide) groups is 1. The minimum absolute atomic E-state index is 0.0700. The van der Waals surface area contributed by atoms with E-state index < -0.39 is 0 Å². The number of nitrogens with one attached hydrogen (secondary N) is 2. The molecule has 0 unspecified atom stereocenters. The number of carbonyl (C=O) groups excluding carboxylic acids is 1. The molecule has 8 heteroatoms. The Hall–Kier alpha value is -3.00. The van der Waals surface area contributed by atoms with E-state index in [1.165, 1.54) is 24.0 Å². The van der Waals surface area contributed by atoms with Crippen LogP contribution in [0.25, 0.3) is 11.0 Å². The van der Waals surface area contributed by atoms with Gasteiger partial charge in [0.2, 0.25) is 0 Å². The molecule has 0 saturated carbocycles. The minimum atomic E-state index is -0.210. The van der Waals surface area contributed by atoms with Crippen molar-refractivity contribution in [3.05, 3.63) is 48.0 Å². The summed E-state index contributed by atoms with van der Waals surface area (Å²) >= 11 is 1.41. The van der Waals surface area contributed by atoms with Gasteiger partial charge in [-0.05, 0) is 54.6 Å². The predicted molar refractivity (Wildman–Crippen MR) is 105 cm³/mol. The zero-order valence-electron chi connectivity index (χ0n) is 15.1. The number of ether oxygens (including phenoxy) is 1. The van der Waals surface area contributed by atoms with Crippen LogP contribution in [-0.4, -0.2) is 34.6 Å². The van der Waals surface area contributed by atoms with E-state index in [2.05, 4.69) is 15.5 Å². The van der Waals surface area contributed by atoms with Crippen molar-refractivity contribution >= 4 is 34.9 Å². The smallest absolute Gasteiger partial charge is 0.317 e. The molecule has 0 spiro atoms. The van der Waals surface area contributed by atoms with Crippen LogP contribution in [-0.2, 0) is 11.8 Å². The standard InChI is InChI=1S/C19H20N4O3S/c1-3-26-17-10-13(8-9-16(17)24)11-20-22-18(25)12-27-19-21-14-6-4-5-7-15(14)23(19)2/h4-11H,3,12H2,1-2H3,(H2,20,22,24,25)/p+1. The average molecular weight is 385 g/mol. The number of amides is 1. The number of hydrazone groups is 1. The van der Waals surface area contributed by atoms with Crippen molar-refractivity contribution in [2.45, 2.75) is 12.1 Å². The third kappa shape index (κ3) is 4.59. The van der Waals surface area contributed by atoms with E-state index in [1.807, 2.05) is 42.8 Å². The molecule has 0 aliphatic rings. The van der Waals surface area contributed by atoms with Crippen LogP contribution in [0.4, 0.5) is 0 Å². The second-order valence-corrected chi connectivity index (χ2v) is 6.71. The molecule has 27 heavy (non-hydrogen) atoms. The number of phenolic OH excluding ortho intramolecular Hbond substituents is 1. The largest absolute Gasteiger partial charge is 0.504 e. The maximum absolute atomic E-state index is 12.0. The molecule has 140 valence electrons. The number of fused-ring (bicyclic) bond motifs is 1. The maximum atomic E-state index is 12.0. The van der Waals surface area contributed by atoms with Crippen LogP contribution in [0.5, 0.6) is 11.5 Å². The number of nitrogens with zero attached hydrogens (tertiary/aromatic N) is 2. The number of aromatic amines is 1. The highest BCUT2D eigenvalue weighted by atomic mass is 32.2. The molecule has 0 fully saturated rings. The first-order valence-corrected chi connectivity index (χ1v) is 9.44. The molecule has 0 atom stereocenters. The monoisotopic (exact) mass is 385 g/mol. The van der Waals surface area contributed by atoms with Crippen molar-refractivity contribution in [3.63, 3.8) is 0 Å². The van der Waals surface area contributed by atoms with Crippen molar-refractivity contribution in [3.8, 4) is 11.5 Å². The molecule has 3 N–H and O–H groups in total. The molecule has 0 bridgehead atoms. The first-order chi connectivity index (χ1) is 13.1. The Bertz CT molecular complexity index is 984. The van der Waals surface area contributed by atoms with E-state index in [1.54, 1.807) is 12.1 Å². The van der Waals surface area contributed by atoms with E-state index in [0.717, 1.165) is 16.2 Å². The van der Waals surface area contributed by atoms with E-state index >= 15 is 0 Å². The number of phenols is 1. The number of aromatic hydroxyl groups is 1. The number of H-pyrrole nitrogens is 1. The molecule has 1 aromatic heterocycles. The number of hydrogen-bond acceptors (Lipinski definition) is 5. The molecule has 0 saturated heterocycles. The Kier molecular flexibility index (Phi) is 5.97. The summed E-state index contributed by atoms with van der Waals surface area (Å²) < 4.78 is 7.34. The fourth-order valence-electron chi connectivity index (χ4n) is 2.54. The Morgan fingerprint density at radius 2 is 2.19 bits per heavy atom. The summed E-state index contributed by atoms with van der Waals surface area (Å²) in [5, 5.41) is 14.5. The Morgan fingerprint density at radius 1 is 1.37 bits per heavy atom. The highest BCUT2D eigenvalue weighted by Crippen LogP contribution is 2.26. The second kappa shape index (κ2) is 8.59. The van der Waals surface area contributed by atoms with Crippen molar-refractivity contribution in [1.82, 2.24) is 10.4 Å². The van der Waals surface area contributed by atoms with E-state index in [4.69, 9.17) is 4.74 Å². The molecule has 2 aromatic carbocycles. The van der Waals surface area contributed by atoms with Crippen molar-refractivity contribution in [2.24, 2.45) is 12.1 Å². The topological polar surface area (TPSA) is 90.6 Å². The lowest BCUT2D eigenvalue weighted by Crippen LogP contribution is -2.30. The van der Waals surface area contributed by atoms with Gasteiger partial charge in [-0.25, -0.2) is 15.0 Å². The van der Waals surface area contributed by atoms with Gasteiger partial charge in [0, 0.05) is 0 Å². The SMILES string of the molecule is CCOc1cc(C=NNC(=O)CSc2[nH]c3ccccc3[n+]2C)ccc1O. The van der Waals surface area contributed by atoms with Gasteiger partial charge >= 0.3 is 5.16 Å². The van der Waals surface area contributed by atoms with Gasteiger partial charge in [-0.2, -0.15) is 5.10 Å². The number of hydrogen-bond donors (Lipinski definition) is 3. The van der Waals surface area contributed by atoms with Gasteiger partial charge in [-0.1, -0.05) is 12.1 Å². The van der Waals surface area contributed by atoms with Crippen LogP contribution in [0, 0.1) is 0 Å². The van der Waals surface area contributed by atoms with Gasteiger partial charge in [-0.3, -0.25) is 4.79 Å². The van der Waals surface area contributed by atoms with Gasteiger partial charge in [0.05, 0.1) is 25.6 Å². The summed E-state index contributed by atoms with van der Waals surface area (Å²) in [6.45, 7) is 2.29. The number of carbonyl (C=O) groups is 1. The second-order valence-electron chi connectivity index (χ2n) is 5.75. The highest BCUT2D eigenvalue weighted by Gasteiger charge is 2.16. The molecule has 1 heterocycles. The molecule has 0 radical (unpaired) electrons. The normalized spacial score (nSPS) is 11.2. The Morgan fingerprint density at radius 3 is 2.96 bits per heavy atom. The van der Waals surface area contributed by atoms with Crippen LogP contribution in [0.1, 0.15) is 12.5 Å². The molecule has 7 nitrogen and oxygen atoms in total. The number of imidazole rings is 1. The Labute approximate surface area is 161 Å². The quantitative estimate of drug-likeness (QED) is 0.252. The average Bonchev–Trinajstić information content (AvgIpc) is 2.99. The molecule has 3 aromatic rings. The third-order valence-corrected chi connectivity index (χ3v) is 4.89. The predicted octanol–water partition coefficient (Wildman–Crippen LogP) is 2.34. The fourth-order valence-corrected chi connectivity index (χ4v) is 3.35. The van der Waals surface area contributed by atoms with Crippen molar-refractivity contribution < 1.29 is 19.2 Å².